The van der Waals surface area contributed by atoms with E-state index in [1.165, 1.54) is 18.2 Å². The number of esters is 1. The molecule has 1 fully saturated rings. The Labute approximate surface area is 710 Å². The number of nitrogens with two attached hydrogens (primary N) is 2. The molecule has 674 valence electrons. The normalized spacial score (nSPS) is 20.7. The van der Waals surface area contributed by atoms with Crippen LogP contribution >= 0.6 is 0 Å². The molecule has 44 heteroatoms. The van der Waals surface area contributed by atoms with Gasteiger partial charge in [-0.3, -0.25) is 91.1 Å². The Morgan fingerprint density at radius 3 is 1.77 bits per heavy atom. The van der Waals surface area contributed by atoms with Gasteiger partial charge in [-0.15, -0.1) is 6.42 Å². The van der Waals surface area contributed by atoms with Crippen molar-refractivity contribution in [1.82, 2.24) is 74.1 Å². The maximum absolute atomic E-state index is 15.2. The van der Waals surface area contributed by atoms with E-state index in [2.05, 4.69) is 76.3 Å². The first-order chi connectivity index (χ1) is 58.3. The molecule has 3 aromatic rings. The number of terminal acetylenes is 1. The zero-order chi connectivity index (χ0) is 91.6. The molecule has 0 bridgehead atoms. The molecule has 0 saturated carbocycles. The molecule has 1 aliphatic rings. The molecule has 2 heterocycles. The van der Waals surface area contributed by atoms with Crippen LogP contribution in [0.1, 0.15) is 153 Å². The second-order valence-electron chi connectivity index (χ2n) is 29.3. The number of nitrogens with one attached hydrogen (secondary N) is 15. The van der Waals surface area contributed by atoms with Gasteiger partial charge >= 0.3 is 29.8 Å². The number of ether oxygens (including phenoxy) is 1. The molecule has 123 heavy (non-hydrogen) atoms. The van der Waals surface area contributed by atoms with E-state index in [0.29, 0.717) is 47.2 Å². The van der Waals surface area contributed by atoms with Crippen LogP contribution in [0.4, 0.5) is 5.69 Å². The summed E-state index contributed by atoms with van der Waals surface area (Å²) in [6.45, 7) is 1.42. The van der Waals surface area contributed by atoms with Crippen LogP contribution in [0.5, 0.6) is 0 Å². The lowest BCUT2D eigenvalue weighted by molar-refractivity contribution is -0.156. The Hall–Kier alpha value is -12.8. The van der Waals surface area contributed by atoms with Crippen molar-refractivity contribution in [3.05, 3.63) is 65.9 Å². The summed E-state index contributed by atoms with van der Waals surface area (Å²) in [6.07, 6.45) is 5.68. The van der Waals surface area contributed by atoms with Crippen LogP contribution in [0, 0.1) is 18.3 Å². The van der Waals surface area contributed by atoms with Crippen LogP contribution in [0.15, 0.2) is 54.7 Å². The molecular formula is C79H112N17O26S+. The lowest BCUT2D eigenvalue weighted by atomic mass is 9.95. The molecule has 4 rings (SSSR count). The Balaban J connectivity index is 1.93. The zero-order valence-corrected chi connectivity index (χ0v) is 69.6. The van der Waals surface area contributed by atoms with E-state index in [0.717, 1.165) is 52.9 Å². The minimum atomic E-state index is -2.45. The van der Waals surface area contributed by atoms with E-state index in [-0.39, 0.29) is 54.5 Å². The summed E-state index contributed by atoms with van der Waals surface area (Å²) in [5.41, 5.74) is 12.6. The van der Waals surface area contributed by atoms with Gasteiger partial charge in [-0.1, -0.05) is 88.6 Å². The van der Waals surface area contributed by atoms with Crippen molar-refractivity contribution < 1.29 is 126 Å². The predicted octanol–water partition coefficient (Wildman–Crippen LogP) is -4.52. The summed E-state index contributed by atoms with van der Waals surface area (Å²) in [7, 11) is -0.191. The first kappa shape index (κ1) is 103. The smallest absolute Gasteiger partial charge is 0.329 e. The average molecular weight is 1750 g/mol. The van der Waals surface area contributed by atoms with E-state index in [1.807, 2.05) is 22.2 Å². The first-order valence-electron chi connectivity index (χ1n) is 39.8. The van der Waals surface area contributed by atoms with Gasteiger partial charge in [0.2, 0.25) is 82.7 Å². The zero-order valence-electron chi connectivity index (χ0n) is 68.8. The van der Waals surface area contributed by atoms with Crippen molar-refractivity contribution in [2.24, 2.45) is 17.4 Å². The molecule has 14 amide bonds. The third-order valence-corrected chi connectivity index (χ3v) is 20.8. The van der Waals surface area contributed by atoms with Crippen molar-refractivity contribution in [2.75, 3.05) is 55.9 Å². The molecule has 0 spiro atoms. The molecule has 2 aromatic carbocycles. The number of cyclic esters (lactones) is 1. The number of aliphatic hydroxyl groups is 1. The van der Waals surface area contributed by atoms with Crippen LogP contribution in [-0.2, 0) is 113 Å². The Kier molecular flexibility index (Phi) is 44.3. The number of benzene rings is 2. The Morgan fingerprint density at radius 2 is 1.15 bits per heavy atom. The van der Waals surface area contributed by atoms with Gasteiger partial charge in [0, 0.05) is 60.6 Å². The highest BCUT2D eigenvalue weighted by Gasteiger charge is 2.41. The number of carbonyl (C=O) groups excluding carboxylic acids is 16. The van der Waals surface area contributed by atoms with Crippen LogP contribution in [0.25, 0.3) is 10.9 Å². The fourth-order valence-corrected chi connectivity index (χ4v) is 13.7. The summed E-state index contributed by atoms with van der Waals surface area (Å²) in [5, 5.41) is 82.6. The molecule has 1 saturated heterocycles. The van der Waals surface area contributed by atoms with E-state index >= 15 is 4.79 Å². The van der Waals surface area contributed by atoms with Crippen molar-refractivity contribution in [3.8, 4) is 12.3 Å². The molecular weight excluding hydrogens is 1640 g/mol. The minimum absolute atomic E-state index is 0.0200. The molecule has 14 atom stereocenters. The van der Waals surface area contributed by atoms with Gasteiger partial charge < -0.3 is 121 Å². The number of aliphatic hydroxyl groups excluding tert-OH is 1. The van der Waals surface area contributed by atoms with Gasteiger partial charge in [-0.2, -0.15) is 0 Å². The average Bonchev–Trinajstić information content (AvgIpc) is 1.73. The number of hydrogen-bond acceptors (Lipinski definition) is 24. The number of para-hydroxylation sites is 2. The highest BCUT2D eigenvalue weighted by molar-refractivity contribution is 7.96. The number of hydrogen-bond donors (Lipinski definition) is 22. The fraction of sp³-hybridized carbons (Fsp3) is 0.544. The molecule has 24 N–H and O–H groups in total. The first-order valence-corrected chi connectivity index (χ1v) is 41.7. The number of rotatable bonds is 41. The predicted molar refractivity (Wildman–Crippen MR) is 441 cm³/mol. The van der Waals surface area contributed by atoms with E-state index in [9.17, 15) is 117 Å². The van der Waals surface area contributed by atoms with Gasteiger partial charge in [0.15, 0.2) is 11.5 Å². The number of amides is 14. The second-order valence-corrected chi connectivity index (χ2v) is 31.6. The number of H-pyrrole nitrogens is 1. The maximum atomic E-state index is 15.2. The highest BCUT2D eigenvalue weighted by atomic mass is 32.2. The van der Waals surface area contributed by atoms with Crippen LogP contribution in [-0.4, -0.2) is 272 Å². The number of carboxylic acid groups (broad SMARTS) is 4. The fourth-order valence-electron chi connectivity index (χ4n) is 12.6. The number of aromatic nitrogens is 1. The van der Waals surface area contributed by atoms with Crippen LogP contribution in [0.2, 0.25) is 0 Å². The lowest BCUT2D eigenvalue weighted by Gasteiger charge is -2.30. The Bertz CT molecular complexity index is 4310. The number of carboxylic acids is 4. The van der Waals surface area contributed by atoms with Gasteiger partial charge in [0.05, 0.1) is 58.1 Å². The van der Waals surface area contributed by atoms with Gasteiger partial charge in [0.25, 0.3) is 0 Å². The van der Waals surface area contributed by atoms with E-state index in [4.69, 9.17) is 22.6 Å². The summed E-state index contributed by atoms with van der Waals surface area (Å²) in [4.78, 5) is 279. The summed E-state index contributed by atoms with van der Waals surface area (Å²) in [5.74, 6) is -25.8. The number of aliphatic carboxylic acids is 4. The van der Waals surface area contributed by atoms with Gasteiger partial charge in [-0.25, -0.2) is 4.79 Å². The minimum Gasteiger partial charge on any atom is -0.481 e. The number of fused-ring (bicyclic) bond motifs is 1. The van der Waals surface area contributed by atoms with Crippen molar-refractivity contribution in [1.29, 1.82) is 0 Å². The van der Waals surface area contributed by atoms with E-state index in [1.54, 1.807) is 36.5 Å². The molecule has 1 aliphatic heterocycles. The lowest BCUT2D eigenvalue weighted by Crippen LogP contribution is -2.62. The second kappa shape index (κ2) is 53.1. The maximum Gasteiger partial charge on any atom is 0.329 e. The van der Waals surface area contributed by atoms with Crippen LogP contribution < -0.4 is 85.9 Å². The summed E-state index contributed by atoms with van der Waals surface area (Å²) >= 11 is 0. The van der Waals surface area contributed by atoms with Crippen molar-refractivity contribution in [3.63, 3.8) is 0 Å². The Morgan fingerprint density at radius 1 is 0.593 bits per heavy atom. The largest absolute Gasteiger partial charge is 0.481 e. The molecule has 0 radical (unpaired) electrons. The molecule has 0 aliphatic carbocycles. The van der Waals surface area contributed by atoms with E-state index < -0.39 is 261 Å². The van der Waals surface area contributed by atoms with Crippen molar-refractivity contribution in [2.45, 2.75) is 216 Å². The van der Waals surface area contributed by atoms with Crippen molar-refractivity contribution >= 4 is 146 Å². The number of Topliss-reactive ketones (excluding diaryl/α,β-unsaturated/α-hetero) is 1. The molecule has 1 unspecified atom stereocenters. The number of ketones is 1. The van der Waals surface area contributed by atoms with Crippen LogP contribution in [0.3, 0.4) is 0 Å². The third-order valence-electron chi connectivity index (χ3n) is 19.1. The SMILES string of the molecule is C#CC[S+](C)CCCNc1ccccc1C(=O)C[C@@H]1NC(=O)[C@H]([C@H](C)CC(=O)O)NC(=O)[C@@H](CO)NC(=O)CNC(=O)[C@H](CC(=O)O)NC(=O)[C@@H](C)NC(=O)[C@H](CC(=O)O)NC(=O)[C@H](CCCN)NC(=O)CNC(=O)[C@@H](NC(=O)[C@H](CC(=O)O)NC(=O)[C@@H](CC(N)=O)NC(=O)[C@H](Cc2c[nH]c3ccccc23)NC(=O)CCCCCCCCC)[C@@H](C)OC1=O. The monoisotopic (exact) mass is 1750 g/mol. The van der Waals surface area contributed by atoms with Gasteiger partial charge in [-0.05, 0) is 80.2 Å². The molecule has 1 aromatic heterocycles. The van der Waals surface area contributed by atoms with Gasteiger partial charge in [0.1, 0.15) is 78.3 Å². The number of primary amides is 1. The third kappa shape index (κ3) is 36.6. The number of anilines is 1. The number of carbonyl (C=O) groups is 20. The standard InChI is InChI=1S/C79H111N17O26S/c1-7-9-10-11-12-13-14-26-60(100)88-51(32-45-38-83-48-23-17-15-21-46(45)48)73(115)91-52(34-59(81)99)74(116)93-55(37-66(109)110)75(117)96-68-44(5)122-79(121)56(33-58(98)47-22-16-18-24-49(47)82-28-20-30-123(6)29-8-2)94-78(120)67(42(3)31-63(103)104)95-76(118)57(41-97)89-62(102)39-84-70(112)53(35-64(105)106)90-69(111)43(4)86-72(114)54(36-65(107)108)92-71(113)50(25-19-27-80)87-61(101)40-85-77(68)119/h2,15-18,21-24,38,42-44,50-57,67-68,83,97H,7,9-14,19-20,25-37,39-41,80H2,1,3-6H3,(H19-,81,82,84,85,86,87,88,89,90,91,92,93,94,95,96,98,99,100,101,102,103,104,105,106,107,108,109,110,111,112,113,114,115,116,117,118,119,120)/p+1/t42-,43-,44-,50+,51+,52-,53+,54+,55+,56+,57-,67+,68+,123?/m1/s1. The quantitative estimate of drug-likeness (QED) is 0.00837. The number of unbranched alkanes of at least 4 members (excludes halogenated alkanes) is 6. The summed E-state index contributed by atoms with van der Waals surface area (Å²) < 4.78 is 5.80. The number of aromatic amines is 1. The highest BCUT2D eigenvalue weighted by Crippen LogP contribution is 2.23. The molecule has 43 nitrogen and oxygen atoms in total. The topological polar surface area (TPSA) is 688 Å². The summed E-state index contributed by atoms with van der Waals surface area (Å²) in [6, 6.07) is -9.98.